The van der Waals surface area contributed by atoms with Crippen LogP contribution in [-0.4, -0.2) is 20.5 Å². The van der Waals surface area contributed by atoms with Gasteiger partial charge in [-0.15, -0.1) is 0 Å². The van der Waals surface area contributed by atoms with E-state index in [0.29, 0.717) is 11.1 Å². The second-order valence-electron chi connectivity index (χ2n) is 4.76. The molecular formula is C15H15NO5S. The molecule has 0 saturated carbocycles. The third kappa shape index (κ3) is 3.25. The van der Waals surface area contributed by atoms with E-state index in [4.69, 9.17) is 4.74 Å². The summed E-state index contributed by atoms with van der Waals surface area (Å²) in [6, 6.07) is 10.8. The molecule has 0 aliphatic carbocycles. The molecule has 2 aromatic rings. The summed E-state index contributed by atoms with van der Waals surface area (Å²) in [5.74, 6) is -0.0588. The van der Waals surface area contributed by atoms with Crippen molar-refractivity contribution in [1.29, 1.82) is 0 Å². The molecule has 0 atom stereocenters. The Bertz CT molecular complexity index is 800. The summed E-state index contributed by atoms with van der Waals surface area (Å²) in [5.41, 5.74) is 0.526. The van der Waals surface area contributed by atoms with Gasteiger partial charge in [-0.3, -0.25) is 10.1 Å². The number of benzene rings is 2. The first kappa shape index (κ1) is 16.0. The van der Waals surface area contributed by atoms with Crippen LogP contribution in [0.5, 0.6) is 5.75 Å². The molecule has 0 aliphatic heterocycles. The number of nitro benzene ring substituents is 1. The van der Waals surface area contributed by atoms with Crippen molar-refractivity contribution in [3.8, 4) is 5.75 Å². The van der Waals surface area contributed by atoms with Crippen molar-refractivity contribution >= 4 is 15.5 Å². The zero-order valence-corrected chi connectivity index (χ0v) is 13.0. The first-order valence-electron chi connectivity index (χ1n) is 6.45. The van der Waals surface area contributed by atoms with Crippen LogP contribution >= 0.6 is 0 Å². The molecule has 0 amide bonds. The Kier molecular flexibility index (Phi) is 4.46. The zero-order valence-electron chi connectivity index (χ0n) is 12.1. The topological polar surface area (TPSA) is 86.5 Å². The average molecular weight is 321 g/mol. The van der Waals surface area contributed by atoms with Gasteiger partial charge in [0.25, 0.3) is 5.69 Å². The first-order chi connectivity index (χ1) is 10.3. The maximum Gasteiger partial charge on any atom is 0.276 e. The lowest BCUT2D eigenvalue weighted by molar-refractivity contribution is -0.385. The molecule has 0 fully saturated rings. The predicted molar refractivity (Wildman–Crippen MR) is 81.7 cm³/mol. The monoisotopic (exact) mass is 321 g/mol. The van der Waals surface area contributed by atoms with E-state index in [0.717, 1.165) is 0 Å². The fourth-order valence-electron chi connectivity index (χ4n) is 2.10. The second kappa shape index (κ2) is 6.15. The molecule has 2 rings (SSSR count). The summed E-state index contributed by atoms with van der Waals surface area (Å²) >= 11 is 0. The Hall–Kier alpha value is -2.41. The molecule has 2 aromatic carbocycles. The molecule has 0 heterocycles. The Morgan fingerprint density at radius 3 is 2.36 bits per heavy atom. The molecule has 0 unspecified atom stereocenters. The van der Waals surface area contributed by atoms with E-state index in [1.807, 2.05) is 0 Å². The van der Waals surface area contributed by atoms with Crippen molar-refractivity contribution in [3.05, 3.63) is 63.7 Å². The van der Waals surface area contributed by atoms with E-state index in [9.17, 15) is 18.5 Å². The molecule has 0 aromatic heterocycles. The van der Waals surface area contributed by atoms with Gasteiger partial charge in [-0.05, 0) is 30.7 Å². The molecule has 0 aliphatic rings. The molecule has 0 N–H and O–H groups in total. The van der Waals surface area contributed by atoms with Crippen molar-refractivity contribution in [3.63, 3.8) is 0 Å². The van der Waals surface area contributed by atoms with Gasteiger partial charge in [0.05, 0.1) is 28.7 Å². The average Bonchev–Trinajstić information content (AvgIpc) is 2.49. The smallest absolute Gasteiger partial charge is 0.276 e. The summed E-state index contributed by atoms with van der Waals surface area (Å²) in [4.78, 5) is 10.7. The first-order valence-corrected chi connectivity index (χ1v) is 8.10. The van der Waals surface area contributed by atoms with Gasteiger partial charge < -0.3 is 4.74 Å². The summed E-state index contributed by atoms with van der Waals surface area (Å²) < 4.78 is 29.9. The summed E-state index contributed by atoms with van der Waals surface area (Å²) in [6.45, 7) is 1.54. The largest absolute Gasteiger partial charge is 0.496 e. The highest BCUT2D eigenvalue weighted by Crippen LogP contribution is 2.30. The van der Waals surface area contributed by atoms with Crippen LogP contribution in [0.15, 0.2) is 47.4 Å². The normalized spacial score (nSPS) is 11.2. The standard InChI is InChI=1S/C15H15NO5S/c1-11-12(8-13(21-2)9-15(11)16(17)18)10-22(19,20)14-6-4-3-5-7-14/h3-9H,10H2,1-2H3. The minimum atomic E-state index is -3.58. The van der Waals surface area contributed by atoms with E-state index in [2.05, 4.69) is 0 Å². The summed E-state index contributed by atoms with van der Waals surface area (Å²) in [6.07, 6.45) is 0. The SMILES string of the molecule is COc1cc(CS(=O)(=O)c2ccccc2)c(C)c([N+](=O)[O-])c1. The van der Waals surface area contributed by atoms with Crippen molar-refractivity contribution in [2.75, 3.05) is 7.11 Å². The van der Waals surface area contributed by atoms with Gasteiger partial charge in [-0.1, -0.05) is 18.2 Å². The van der Waals surface area contributed by atoms with Crippen LogP contribution in [0, 0.1) is 17.0 Å². The van der Waals surface area contributed by atoms with E-state index in [1.54, 1.807) is 18.2 Å². The van der Waals surface area contributed by atoms with E-state index in [1.165, 1.54) is 38.3 Å². The summed E-state index contributed by atoms with van der Waals surface area (Å²) in [5, 5.41) is 11.1. The lowest BCUT2D eigenvalue weighted by atomic mass is 10.1. The van der Waals surface area contributed by atoms with Crippen LogP contribution in [0.25, 0.3) is 0 Å². The number of nitro groups is 1. The van der Waals surface area contributed by atoms with Gasteiger partial charge in [0.2, 0.25) is 0 Å². The number of hydrogen-bond donors (Lipinski definition) is 0. The van der Waals surface area contributed by atoms with Gasteiger partial charge in [-0.2, -0.15) is 0 Å². The van der Waals surface area contributed by atoms with Crippen molar-refractivity contribution in [1.82, 2.24) is 0 Å². The van der Waals surface area contributed by atoms with E-state index in [-0.39, 0.29) is 22.1 Å². The lowest BCUT2D eigenvalue weighted by Gasteiger charge is -2.10. The Morgan fingerprint density at radius 1 is 1.18 bits per heavy atom. The molecule has 0 bridgehead atoms. The van der Waals surface area contributed by atoms with Crippen LogP contribution in [0.1, 0.15) is 11.1 Å². The maximum absolute atomic E-state index is 12.4. The lowest BCUT2D eigenvalue weighted by Crippen LogP contribution is -2.07. The molecule has 7 heteroatoms. The van der Waals surface area contributed by atoms with Crippen LogP contribution in [0.3, 0.4) is 0 Å². The Labute approximate surface area is 128 Å². The molecule has 0 spiro atoms. The maximum atomic E-state index is 12.4. The molecule has 0 radical (unpaired) electrons. The minimum absolute atomic E-state index is 0.155. The van der Waals surface area contributed by atoms with Gasteiger partial charge in [0.1, 0.15) is 5.75 Å². The number of ether oxygens (including phenoxy) is 1. The fourth-order valence-corrected chi connectivity index (χ4v) is 3.55. The quantitative estimate of drug-likeness (QED) is 0.624. The van der Waals surface area contributed by atoms with Crippen LogP contribution in [0.4, 0.5) is 5.69 Å². The highest BCUT2D eigenvalue weighted by atomic mass is 32.2. The Morgan fingerprint density at radius 2 is 1.82 bits per heavy atom. The number of methoxy groups -OCH3 is 1. The Balaban J connectivity index is 2.50. The van der Waals surface area contributed by atoms with Gasteiger partial charge in [0, 0.05) is 5.56 Å². The summed E-state index contributed by atoms with van der Waals surface area (Å²) in [7, 11) is -2.20. The second-order valence-corrected chi connectivity index (χ2v) is 6.75. The molecule has 0 saturated heterocycles. The molecular weight excluding hydrogens is 306 g/mol. The third-order valence-corrected chi connectivity index (χ3v) is 5.02. The third-order valence-electron chi connectivity index (χ3n) is 3.34. The van der Waals surface area contributed by atoms with Crippen molar-refractivity contribution < 1.29 is 18.1 Å². The highest BCUT2D eigenvalue weighted by molar-refractivity contribution is 7.90. The predicted octanol–water partition coefficient (Wildman–Crippen LogP) is 2.89. The number of rotatable bonds is 5. The molecule has 22 heavy (non-hydrogen) atoms. The zero-order chi connectivity index (χ0) is 16.3. The van der Waals surface area contributed by atoms with Crippen LogP contribution in [0.2, 0.25) is 0 Å². The van der Waals surface area contributed by atoms with Crippen LogP contribution in [-0.2, 0) is 15.6 Å². The molecule has 116 valence electrons. The number of sulfone groups is 1. The fraction of sp³-hybridized carbons (Fsp3) is 0.200. The van der Waals surface area contributed by atoms with E-state index < -0.39 is 14.8 Å². The number of hydrogen-bond acceptors (Lipinski definition) is 5. The van der Waals surface area contributed by atoms with Crippen LogP contribution < -0.4 is 4.74 Å². The van der Waals surface area contributed by atoms with Crippen molar-refractivity contribution in [2.45, 2.75) is 17.6 Å². The number of nitrogens with zero attached hydrogens (tertiary/aromatic N) is 1. The van der Waals surface area contributed by atoms with Gasteiger partial charge >= 0.3 is 0 Å². The van der Waals surface area contributed by atoms with Gasteiger partial charge in [0.15, 0.2) is 9.84 Å². The highest BCUT2D eigenvalue weighted by Gasteiger charge is 2.22. The van der Waals surface area contributed by atoms with Gasteiger partial charge in [-0.25, -0.2) is 8.42 Å². The minimum Gasteiger partial charge on any atom is -0.496 e. The molecule has 6 nitrogen and oxygen atoms in total. The van der Waals surface area contributed by atoms with Crippen molar-refractivity contribution in [2.24, 2.45) is 0 Å². The van der Waals surface area contributed by atoms with E-state index >= 15 is 0 Å².